The predicted molar refractivity (Wildman–Crippen MR) is 151 cm³/mol. The van der Waals surface area contributed by atoms with E-state index in [4.69, 9.17) is 17.7 Å². The first-order chi connectivity index (χ1) is 17.7. The zero-order valence-corrected chi connectivity index (χ0v) is 24.2. The molecule has 0 atom stereocenters. The molecule has 0 bridgehead atoms. The van der Waals surface area contributed by atoms with Gasteiger partial charge < -0.3 is 17.7 Å². The molecule has 0 unspecified atom stereocenters. The molecule has 0 amide bonds. The largest absolute Gasteiger partial charge is 0.498 e. The molecule has 188 valence electrons. The third-order valence-corrected chi connectivity index (χ3v) is 7.88. The summed E-state index contributed by atoms with van der Waals surface area (Å²) in [5, 5.41) is 0. The molecule has 0 aliphatic carbocycles. The van der Waals surface area contributed by atoms with Crippen molar-refractivity contribution in [3.8, 4) is 0 Å². The van der Waals surface area contributed by atoms with Crippen LogP contribution < -0.4 is 0 Å². The first-order valence-corrected chi connectivity index (χ1v) is 15.3. The van der Waals surface area contributed by atoms with E-state index in [0.717, 1.165) is 40.2 Å². The summed E-state index contributed by atoms with van der Waals surface area (Å²) in [6.45, 7) is 4.27. The zero-order chi connectivity index (χ0) is 25.3. The molecule has 0 aliphatic heterocycles. The molecule has 4 aromatic carbocycles. The average Bonchev–Trinajstić information content (AvgIpc) is 2.96. The molecular weight excluding hydrogens is 480 g/mol. The van der Waals surface area contributed by atoms with E-state index in [2.05, 4.69) is 24.3 Å². The van der Waals surface area contributed by atoms with Crippen LogP contribution in [0, 0.1) is 0 Å². The van der Waals surface area contributed by atoms with Crippen molar-refractivity contribution in [2.75, 3.05) is 6.61 Å². The van der Waals surface area contributed by atoms with E-state index < -0.39 is 8.80 Å². The van der Waals surface area contributed by atoms with Crippen LogP contribution >= 0.6 is 0 Å². The van der Waals surface area contributed by atoms with Gasteiger partial charge >= 0.3 is 8.80 Å². The van der Waals surface area contributed by atoms with E-state index in [0.29, 0.717) is 19.8 Å². The van der Waals surface area contributed by atoms with Crippen LogP contribution in [0.2, 0.25) is 6.55 Å². The molecule has 0 radical (unpaired) electrons. The average molecular weight is 517 g/mol. The van der Waals surface area contributed by atoms with Crippen LogP contribution in [0.1, 0.15) is 22.3 Å². The number of benzene rings is 4. The van der Waals surface area contributed by atoms with Crippen molar-refractivity contribution in [1.82, 2.24) is 0 Å². The van der Waals surface area contributed by atoms with Gasteiger partial charge in [-0.1, -0.05) is 121 Å². The standard InChI is InChI=1S/C22H24O3Si.C8H12OSi/c1-26(23-17-20-11-5-2-6-12-20,24-18-21-13-7-3-8-14-21)25-19-22-15-9-4-10-16-22;10-9-7-6-8-4-2-1-3-5-8/h2-16H,17-19H2,1H3;1-5H,6-7H2,10H3. The van der Waals surface area contributed by atoms with E-state index >= 15 is 0 Å². The van der Waals surface area contributed by atoms with E-state index in [9.17, 15) is 0 Å². The van der Waals surface area contributed by atoms with Crippen molar-refractivity contribution in [1.29, 1.82) is 0 Å². The van der Waals surface area contributed by atoms with Crippen molar-refractivity contribution in [3.63, 3.8) is 0 Å². The summed E-state index contributed by atoms with van der Waals surface area (Å²) >= 11 is 0. The Balaban J connectivity index is 0.000000303. The summed E-state index contributed by atoms with van der Waals surface area (Å²) in [7, 11) is -1.95. The van der Waals surface area contributed by atoms with Gasteiger partial charge in [0.15, 0.2) is 0 Å². The van der Waals surface area contributed by atoms with Gasteiger partial charge in [0.25, 0.3) is 0 Å². The molecule has 0 saturated carbocycles. The third-order valence-electron chi connectivity index (χ3n) is 5.47. The molecule has 6 heteroatoms. The molecule has 36 heavy (non-hydrogen) atoms. The van der Waals surface area contributed by atoms with Crippen LogP contribution in [0.15, 0.2) is 121 Å². The van der Waals surface area contributed by atoms with Crippen molar-refractivity contribution >= 4 is 19.3 Å². The van der Waals surface area contributed by atoms with Gasteiger partial charge in [-0.05, 0) is 28.7 Å². The van der Waals surface area contributed by atoms with Gasteiger partial charge in [0.2, 0.25) is 0 Å². The lowest BCUT2D eigenvalue weighted by molar-refractivity contribution is 0.0492. The topological polar surface area (TPSA) is 36.9 Å². The monoisotopic (exact) mass is 516 g/mol. The summed E-state index contributed by atoms with van der Waals surface area (Å²) in [5.74, 6) is 0. The van der Waals surface area contributed by atoms with Crippen molar-refractivity contribution in [2.45, 2.75) is 32.8 Å². The normalized spacial score (nSPS) is 11.0. The second-order valence-corrected chi connectivity index (χ2v) is 11.6. The van der Waals surface area contributed by atoms with Gasteiger partial charge in [0, 0.05) is 13.2 Å². The fourth-order valence-corrected chi connectivity index (χ4v) is 5.10. The fraction of sp³-hybridized carbons (Fsp3) is 0.200. The van der Waals surface area contributed by atoms with Crippen molar-refractivity contribution in [3.05, 3.63) is 144 Å². The van der Waals surface area contributed by atoms with Gasteiger partial charge in [0.1, 0.15) is 10.5 Å². The van der Waals surface area contributed by atoms with Crippen LogP contribution in [-0.2, 0) is 43.9 Å². The molecule has 0 fully saturated rings. The maximum Gasteiger partial charge on any atom is 0.498 e. The summed E-state index contributed by atoms with van der Waals surface area (Å²) in [5.41, 5.74) is 4.69. The maximum atomic E-state index is 6.15. The van der Waals surface area contributed by atoms with Crippen LogP contribution in [0.4, 0.5) is 0 Å². The van der Waals surface area contributed by atoms with Crippen LogP contribution in [0.5, 0.6) is 0 Å². The molecule has 0 spiro atoms. The number of rotatable bonds is 12. The van der Waals surface area contributed by atoms with Crippen LogP contribution in [-0.4, -0.2) is 25.9 Å². The highest BCUT2D eigenvalue weighted by molar-refractivity contribution is 6.59. The SMILES string of the molecule is C[Si](OCc1ccccc1)(OCc1ccccc1)OCc1ccccc1.[SiH3]OCCc1ccccc1. The Morgan fingerprint density at radius 1 is 0.500 bits per heavy atom. The minimum Gasteiger partial charge on any atom is -0.428 e. The van der Waals surface area contributed by atoms with Gasteiger partial charge in [-0.15, -0.1) is 0 Å². The lowest BCUT2D eigenvalue weighted by Gasteiger charge is -2.26. The van der Waals surface area contributed by atoms with Crippen LogP contribution in [0.25, 0.3) is 0 Å². The first kappa shape index (κ1) is 27.7. The predicted octanol–water partition coefficient (Wildman–Crippen LogP) is 5.73. The summed E-state index contributed by atoms with van der Waals surface area (Å²) < 4.78 is 23.5. The van der Waals surface area contributed by atoms with Gasteiger partial charge in [-0.2, -0.15) is 0 Å². The molecule has 0 N–H and O–H groups in total. The van der Waals surface area contributed by atoms with Crippen LogP contribution in [0.3, 0.4) is 0 Å². The maximum absolute atomic E-state index is 6.15. The highest BCUT2D eigenvalue weighted by Crippen LogP contribution is 2.18. The Kier molecular flexibility index (Phi) is 12.3. The molecule has 4 rings (SSSR count). The van der Waals surface area contributed by atoms with Crippen molar-refractivity contribution in [2.24, 2.45) is 0 Å². The second kappa shape index (κ2) is 16.0. The smallest absolute Gasteiger partial charge is 0.428 e. The molecular formula is C30H36O4Si2. The summed E-state index contributed by atoms with van der Waals surface area (Å²) in [4.78, 5) is 0. The van der Waals surface area contributed by atoms with E-state index in [-0.39, 0.29) is 0 Å². The van der Waals surface area contributed by atoms with E-state index in [1.807, 2.05) is 104 Å². The second-order valence-electron chi connectivity index (χ2n) is 8.41. The minimum atomic E-state index is -2.80. The Morgan fingerprint density at radius 3 is 1.11 bits per heavy atom. The minimum absolute atomic E-state index is 0.479. The third kappa shape index (κ3) is 10.8. The molecule has 0 saturated heterocycles. The molecule has 4 aromatic rings. The van der Waals surface area contributed by atoms with Gasteiger partial charge in [0.05, 0.1) is 19.8 Å². The Hall–Kier alpha value is -2.85. The van der Waals surface area contributed by atoms with Crippen molar-refractivity contribution < 1.29 is 17.7 Å². The molecule has 0 aliphatic rings. The molecule has 0 heterocycles. The lowest BCUT2D eigenvalue weighted by atomic mass is 10.2. The Bertz CT molecular complexity index is 975. The highest BCUT2D eigenvalue weighted by atomic mass is 28.4. The molecule has 4 nitrogen and oxygen atoms in total. The Labute approximate surface area is 219 Å². The quantitative estimate of drug-likeness (QED) is 0.225. The van der Waals surface area contributed by atoms with Gasteiger partial charge in [-0.3, -0.25) is 0 Å². The van der Waals surface area contributed by atoms with Gasteiger partial charge in [-0.25, -0.2) is 0 Å². The lowest BCUT2D eigenvalue weighted by Crippen LogP contribution is -2.42. The summed E-state index contributed by atoms with van der Waals surface area (Å²) in [6.07, 6.45) is 1.05. The summed E-state index contributed by atoms with van der Waals surface area (Å²) in [6, 6.07) is 40.7. The number of hydrogen-bond acceptors (Lipinski definition) is 4. The first-order valence-electron chi connectivity index (χ1n) is 12.2. The molecule has 0 aromatic heterocycles. The Morgan fingerprint density at radius 2 is 0.806 bits per heavy atom. The number of hydrogen-bond donors (Lipinski definition) is 0. The van der Waals surface area contributed by atoms with E-state index in [1.54, 1.807) is 0 Å². The van der Waals surface area contributed by atoms with E-state index in [1.165, 1.54) is 5.56 Å². The fourth-order valence-electron chi connectivity index (χ4n) is 3.36. The zero-order valence-electron chi connectivity index (χ0n) is 21.2. The highest BCUT2D eigenvalue weighted by Gasteiger charge is 2.35.